The number of amides is 3. The topological polar surface area (TPSA) is 102 Å². The van der Waals surface area contributed by atoms with Crippen LogP contribution < -0.4 is 21.8 Å². The summed E-state index contributed by atoms with van der Waals surface area (Å²) in [4.78, 5) is 50.7. The van der Waals surface area contributed by atoms with Crippen molar-refractivity contribution in [2.45, 2.75) is 51.2 Å². The number of rotatable bonds is 5. The fraction of sp³-hybridized carbons (Fsp3) is 0.333. The number of hydrogen-bond acceptors (Lipinski definition) is 4. The van der Waals surface area contributed by atoms with E-state index in [9.17, 15) is 19.2 Å². The van der Waals surface area contributed by atoms with Gasteiger partial charge in [0.25, 0.3) is 0 Å². The minimum Gasteiger partial charge on any atom is -0.335 e. The number of halogens is 1. The largest absolute Gasteiger partial charge is 0.335 e. The second kappa shape index (κ2) is 10.0. The summed E-state index contributed by atoms with van der Waals surface area (Å²) in [5, 5.41) is 5.42. The van der Waals surface area contributed by atoms with E-state index >= 15 is 0 Å². The van der Waals surface area contributed by atoms with Crippen LogP contribution in [0.1, 0.15) is 37.7 Å². The molecule has 0 radical (unpaired) electrons. The molecule has 1 heterocycles. The molecule has 33 heavy (non-hydrogen) atoms. The van der Waals surface area contributed by atoms with Crippen molar-refractivity contribution < 1.29 is 9.59 Å². The Morgan fingerprint density at radius 1 is 0.909 bits per heavy atom. The fourth-order valence-corrected chi connectivity index (χ4v) is 4.42. The first-order valence-corrected chi connectivity index (χ1v) is 11.4. The number of carbonyl (C=O) groups is 2. The van der Waals surface area contributed by atoms with Crippen molar-refractivity contribution in [2.75, 3.05) is 0 Å². The van der Waals surface area contributed by atoms with Crippen LogP contribution >= 0.6 is 11.6 Å². The Hall–Kier alpha value is -3.39. The van der Waals surface area contributed by atoms with Crippen molar-refractivity contribution in [3.05, 3.63) is 79.8 Å². The molecule has 0 bridgehead atoms. The lowest BCUT2D eigenvalue weighted by Crippen LogP contribution is -2.48. The Balaban J connectivity index is 1.61. The maximum absolute atomic E-state index is 12.9. The van der Waals surface area contributed by atoms with Crippen molar-refractivity contribution in [3.63, 3.8) is 0 Å². The molecule has 1 aromatic heterocycles. The van der Waals surface area contributed by atoms with Crippen LogP contribution in [-0.4, -0.2) is 27.1 Å². The zero-order chi connectivity index (χ0) is 23.4. The molecule has 2 N–H and O–H groups in total. The highest BCUT2D eigenvalue weighted by molar-refractivity contribution is 6.31. The molecule has 8 nitrogen and oxygen atoms in total. The Labute approximate surface area is 195 Å². The Bertz CT molecular complexity index is 1290. The number of fused-ring (bicyclic) bond motifs is 1. The van der Waals surface area contributed by atoms with Gasteiger partial charge in [-0.25, -0.2) is 4.79 Å². The highest BCUT2D eigenvalue weighted by Crippen LogP contribution is 2.19. The Kier molecular flexibility index (Phi) is 6.93. The molecule has 172 valence electrons. The second-order valence-electron chi connectivity index (χ2n) is 8.26. The van der Waals surface area contributed by atoms with Gasteiger partial charge >= 0.3 is 17.1 Å². The molecule has 4 rings (SSSR count). The molecule has 1 aliphatic rings. The number of imide groups is 1. The van der Waals surface area contributed by atoms with Crippen molar-refractivity contribution in [1.82, 2.24) is 19.8 Å². The summed E-state index contributed by atoms with van der Waals surface area (Å²) in [5.41, 5.74) is 0.0416. The van der Waals surface area contributed by atoms with Gasteiger partial charge in [0.15, 0.2) is 0 Å². The van der Waals surface area contributed by atoms with Crippen LogP contribution in [0, 0.1) is 0 Å². The van der Waals surface area contributed by atoms with E-state index in [1.165, 1.54) is 10.6 Å². The van der Waals surface area contributed by atoms with Gasteiger partial charge in [-0.3, -0.25) is 28.8 Å². The van der Waals surface area contributed by atoms with E-state index < -0.39 is 29.6 Å². The summed E-state index contributed by atoms with van der Waals surface area (Å²) < 4.78 is 2.43. The molecule has 3 amide bonds. The Morgan fingerprint density at radius 3 is 2.33 bits per heavy atom. The van der Waals surface area contributed by atoms with Gasteiger partial charge in [-0.2, -0.15) is 0 Å². The molecular weight excluding hydrogens is 444 g/mol. The number of benzene rings is 2. The molecule has 2 aromatic carbocycles. The van der Waals surface area contributed by atoms with Gasteiger partial charge in [-0.15, -0.1) is 0 Å². The molecule has 3 aromatic rings. The minimum atomic E-state index is -0.858. The van der Waals surface area contributed by atoms with E-state index in [0.29, 0.717) is 16.1 Å². The first-order valence-electron chi connectivity index (χ1n) is 11.0. The highest BCUT2D eigenvalue weighted by Gasteiger charge is 2.19. The van der Waals surface area contributed by atoms with E-state index in [0.717, 1.165) is 42.2 Å². The second-order valence-corrected chi connectivity index (χ2v) is 8.69. The van der Waals surface area contributed by atoms with E-state index in [1.807, 2.05) is 30.3 Å². The monoisotopic (exact) mass is 468 g/mol. The van der Waals surface area contributed by atoms with Gasteiger partial charge in [0.2, 0.25) is 5.91 Å². The molecule has 1 aliphatic carbocycles. The smallest absolute Gasteiger partial charge is 0.321 e. The molecule has 0 atom stereocenters. The van der Waals surface area contributed by atoms with Gasteiger partial charge in [0, 0.05) is 11.1 Å². The summed E-state index contributed by atoms with van der Waals surface area (Å²) >= 11 is 6.16. The lowest BCUT2D eigenvalue weighted by molar-refractivity contribution is -0.120. The van der Waals surface area contributed by atoms with Crippen LogP contribution in [0.15, 0.2) is 58.1 Å². The molecule has 0 aliphatic heterocycles. The first kappa shape index (κ1) is 22.8. The van der Waals surface area contributed by atoms with Crippen molar-refractivity contribution in [1.29, 1.82) is 0 Å². The van der Waals surface area contributed by atoms with Gasteiger partial charge in [0.1, 0.15) is 6.54 Å². The summed E-state index contributed by atoms with van der Waals surface area (Å²) in [7, 11) is 0. The van der Waals surface area contributed by atoms with Gasteiger partial charge in [-0.05, 0) is 36.6 Å². The Morgan fingerprint density at radius 2 is 1.61 bits per heavy atom. The number of hydrogen-bond donors (Lipinski definition) is 2. The summed E-state index contributed by atoms with van der Waals surface area (Å²) in [6.07, 6.45) is 4.99. The third-order valence-corrected chi connectivity index (χ3v) is 6.11. The lowest BCUT2D eigenvalue weighted by atomic mass is 9.96. The van der Waals surface area contributed by atoms with E-state index in [4.69, 9.17) is 11.6 Å². The molecule has 0 spiro atoms. The minimum absolute atomic E-state index is 0.0378. The average Bonchev–Trinajstić information content (AvgIpc) is 2.81. The van der Waals surface area contributed by atoms with E-state index in [2.05, 4.69) is 10.6 Å². The van der Waals surface area contributed by atoms with Crippen molar-refractivity contribution >= 4 is 34.6 Å². The zero-order valence-corrected chi connectivity index (χ0v) is 18.8. The molecule has 0 unspecified atom stereocenters. The van der Waals surface area contributed by atoms with Gasteiger partial charge < -0.3 is 5.32 Å². The third-order valence-electron chi connectivity index (χ3n) is 5.87. The predicted octanol–water partition coefficient (Wildman–Crippen LogP) is 3.02. The van der Waals surface area contributed by atoms with Crippen LogP contribution in [0.2, 0.25) is 5.02 Å². The van der Waals surface area contributed by atoms with Crippen LogP contribution in [0.25, 0.3) is 11.0 Å². The first-order chi connectivity index (χ1) is 15.9. The quantitative estimate of drug-likeness (QED) is 0.562. The van der Waals surface area contributed by atoms with Gasteiger partial charge in [-0.1, -0.05) is 61.2 Å². The lowest BCUT2D eigenvalue weighted by Gasteiger charge is -2.22. The van der Waals surface area contributed by atoms with E-state index in [-0.39, 0.29) is 12.6 Å². The van der Waals surface area contributed by atoms with Crippen LogP contribution in [0.5, 0.6) is 0 Å². The maximum Gasteiger partial charge on any atom is 0.321 e. The van der Waals surface area contributed by atoms with Crippen molar-refractivity contribution in [2.24, 2.45) is 0 Å². The zero-order valence-electron chi connectivity index (χ0n) is 18.1. The summed E-state index contributed by atoms with van der Waals surface area (Å²) in [6.45, 7) is -0.279. The normalized spacial score (nSPS) is 14.2. The van der Waals surface area contributed by atoms with Gasteiger partial charge in [0.05, 0.1) is 17.6 Å². The molecular formula is C24H25ClN4O4. The summed E-state index contributed by atoms with van der Waals surface area (Å²) in [6, 6.07) is 13.5. The standard InChI is InChI=1S/C24H25ClN4O4/c25-17-11-12-19-20(13-17)29(15-21(30)27-24(33)26-18-9-5-2-6-10-18)23(32)22(31)28(19)14-16-7-3-1-4-8-16/h1,3-4,7-8,11-13,18H,2,5-6,9-10,14-15H2,(H2,26,27,30,33). The van der Waals surface area contributed by atoms with Crippen LogP contribution in [-0.2, 0) is 17.9 Å². The summed E-state index contributed by atoms with van der Waals surface area (Å²) in [5.74, 6) is -0.688. The average molecular weight is 469 g/mol. The maximum atomic E-state index is 12.9. The fourth-order valence-electron chi connectivity index (χ4n) is 4.25. The number of nitrogens with one attached hydrogen (secondary N) is 2. The van der Waals surface area contributed by atoms with Crippen LogP contribution in [0.3, 0.4) is 0 Å². The molecule has 9 heteroatoms. The third kappa shape index (κ3) is 5.34. The highest BCUT2D eigenvalue weighted by atomic mass is 35.5. The number of urea groups is 1. The number of carbonyl (C=O) groups excluding carboxylic acids is 2. The van der Waals surface area contributed by atoms with E-state index in [1.54, 1.807) is 12.1 Å². The number of nitrogens with zero attached hydrogens (tertiary/aromatic N) is 2. The van der Waals surface area contributed by atoms with Crippen LogP contribution in [0.4, 0.5) is 4.79 Å². The SMILES string of the molecule is O=C(Cn1c(=O)c(=O)n(Cc2ccccc2)c2ccc(Cl)cc21)NC(=O)NC1CCCCC1. The van der Waals surface area contributed by atoms with Crippen molar-refractivity contribution in [3.8, 4) is 0 Å². The molecule has 1 fully saturated rings. The molecule has 1 saturated carbocycles. The number of aromatic nitrogens is 2. The predicted molar refractivity (Wildman–Crippen MR) is 127 cm³/mol. The molecule has 0 saturated heterocycles.